The van der Waals surface area contributed by atoms with Crippen LogP contribution in [-0.4, -0.2) is 74.6 Å². The SMILES string of the molecule is COc1ccc(OCCN2CCN(CC(=O)Nc3sc4c(c3C(N)=O)CCC4)CC2)cc1. The highest BCUT2D eigenvalue weighted by atomic mass is 32.1. The molecule has 1 aliphatic heterocycles. The van der Waals surface area contributed by atoms with Gasteiger partial charge in [-0.2, -0.15) is 0 Å². The van der Waals surface area contributed by atoms with Crippen LogP contribution in [0.1, 0.15) is 27.2 Å². The van der Waals surface area contributed by atoms with Gasteiger partial charge in [0.2, 0.25) is 5.91 Å². The quantitative estimate of drug-likeness (QED) is 0.597. The highest BCUT2D eigenvalue weighted by Gasteiger charge is 2.27. The van der Waals surface area contributed by atoms with Gasteiger partial charge in [-0.15, -0.1) is 11.3 Å². The van der Waals surface area contributed by atoms with Gasteiger partial charge >= 0.3 is 0 Å². The lowest BCUT2D eigenvalue weighted by atomic mass is 10.1. The van der Waals surface area contributed by atoms with Gasteiger partial charge in [0.25, 0.3) is 5.91 Å². The summed E-state index contributed by atoms with van der Waals surface area (Å²) in [5, 5.41) is 3.55. The Morgan fingerprint density at radius 2 is 1.75 bits per heavy atom. The number of ether oxygens (including phenoxy) is 2. The number of nitrogens with zero attached hydrogens (tertiary/aromatic N) is 2. The third-order valence-corrected chi connectivity index (χ3v) is 7.20. The smallest absolute Gasteiger partial charge is 0.251 e. The van der Waals surface area contributed by atoms with Crippen LogP contribution in [0.25, 0.3) is 0 Å². The summed E-state index contributed by atoms with van der Waals surface area (Å²) in [6.45, 7) is 5.19. The van der Waals surface area contributed by atoms with Crippen molar-refractivity contribution in [3.05, 3.63) is 40.3 Å². The van der Waals surface area contributed by atoms with Crippen LogP contribution >= 0.6 is 11.3 Å². The van der Waals surface area contributed by atoms with Crippen LogP contribution in [0.4, 0.5) is 5.00 Å². The number of carbonyl (C=O) groups excluding carboxylic acids is 2. The second kappa shape index (κ2) is 10.3. The maximum atomic E-state index is 12.6. The van der Waals surface area contributed by atoms with E-state index in [1.807, 2.05) is 24.3 Å². The number of hydrogen-bond acceptors (Lipinski definition) is 7. The summed E-state index contributed by atoms with van der Waals surface area (Å²) in [4.78, 5) is 30.2. The number of amides is 2. The number of fused-ring (bicyclic) bond motifs is 1. The second-order valence-electron chi connectivity index (χ2n) is 8.12. The molecule has 8 nitrogen and oxygen atoms in total. The molecule has 3 N–H and O–H groups in total. The fourth-order valence-corrected chi connectivity index (χ4v) is 5.57. The molecule has 1 fully saturated rings. The first-order chi connectivity index (χ1) is 15.5. The summed E-state index contributed by atoms with van der Waals surface area (Å²) in [5.41, 5.74) is 7.12. The summed E-state index contributed by atoms with van der Waals surface area (Å²) < 4.78 is 11.0. The molecular formula is C23H30N4O4S. The van der Waals surface area contributed by atoms with Gasteiger partial charge in [-0.05, 0) is 49.1 Å². The van der Waals surface area contributed by atoms with Gasteiger partial charge in [0.05, 0.1) is 19.2 Å². The molecule has 2 aromatic rings. The Balaban J connectivity index is 1.19. The molecule has 4 rings (SSSR count). The fraction of sp³-hybridized carbons (Fsp3) is 0.478. The van der Waals surface area contributed by atoms with Crippen LogP contribution in [0.5, 0.6) is 11.5 Å². The molecule has 172 valence electrons. The van der Waals surface area contributed by atoms with Crippen LogP contribution in [0.2, 0.25) is 0 Å². The number of piperazine rings is 1. The number of thiophene rings is 1. The number of benzene rings is 1. The molecule has 0 unspecified atom stereocenters. The Kier molecular flexibility index (Phi) is 7.29. The Labute approximate surface area is 192 Å². The molecule has 2 heterocycles. The zero-order valence-corrected chi connectivity index (χ0v) is 19.2. The molecule has 1 saturated heterocycles. The van der Waals surface area contributed by atoms with E-state index < -0.39 is 5.91 Å². The van der Waals surface area contributed by atoms with Gasteiger partial charge < -0.3 is 20.5 Å². The summed E-state index contributed by atoms with van der Waals surface area (Å²) in [6.07, 6.45) is 2.87. The lowest BCUT2D eigenvalue weighted by Crippen LogP contribution is -2.49. The average Bonchev–Trinajstić information content (AvgIpc) is 3.36. The standard InChI is InChI=1S/C23H30N4O4S/c1-30-16-5-7-17(8-6-16)31-14-13-26-9-11-27(12-10-26)15-20(28)25-23-21(22(24)29)18-3-2-4-19(18)32-23/h5-8H,2-4,9-15H2,1H3,(H2,24,29)(H,25,28). The maximum absolute atomic E-state index is 12.6. The van der Waals surface area contributed by atoms with Crippen molar-refractivity contribution in [2.24, 2.45) is 5.73 Å². The molecule has 0 atom stereocenters. The molecule has 0 radical (unpaired) electrons. The fourth-order valence-electron chi connectivity index (χ4n) is 4.26. The Hall–Kier alpha value is -2.62. The van der Waals surface area contributed by atoms with Gasteiger partial charge in [-0.3, -0.25) is 19.4 Å². The van der Waals surface area contributed by atoms with E-state index in [0.29, 0.717) is 23.7 Å². The van der Waals surface area contributed by atoms with Crippen molar-refractivity contribution in [1.82, 2.24) is 9.80 Å². The topological polar surface area (TPSA) is 97.1 Å². The summed E-state index contributed by atoms with van der Waals surface area (Å²) >= 11 is 1.50. The Bertz CT molecular complexity index is 952. The van der Waals surface area contributed by atoms with Crippen LogP contribution in [0.15, 0.2) is 24.3 Å². The van der Waals surface area contributed by atoms with Crippen molar-refractivity contribution in [2.45, 2.75) is 19.3 Å². The first-order valence-electron chi connectivity index (χ1n) is 11.0. The molecule has 2 aliphatic rings. The predicted molar refractivity (Wildman–Crippen MR) is 125 cm³/mol. The van der Waals surface area contributed by atoms with Gasteiger partial charge in [0.1, 0.15) is 23.1 Å². The zero-order valence-electron chi connectivity index (χ0n) is 18.4. The number of hydrogen-bond donors (Lipinski definition) is 2. The molecule has 9 heteroatoms. The number of nitrogens with one attached hydrogen (secondary N) is 1. The van der Waals surface area contributed by atoms with Crippen molar-refractivity contribution >= 4 is 28.2 Å². The molecule has 2 amide bonds. The van der Waals surface area contributed by atoms with Gasteiger partial charge in [-0.25, -0.2) is 0 Å². The lowest BCUT2D eigenvalue weighted by molar-refractivity contribution is -0.117. The van der Waals surface area contributed by atoms with Crippen LogP contribution < -0.4 is 20.5 Å². The summed E-state index contributed by atoms with van der Waals surface area (Å²) in [5.74, 6) is 1.09. The van der Waals surface area contributed by atoms with E-state index in [0.717, 1.165) is 69.0 Å². The van der Waals surface area contributed by atoms with E-state index in [1.165, 1.54) is 16.2 Å². The van der Waals surface area contributed by atoms with Crippen LogP contribution in [-0.2, 0) is 17.6 Å². The largest absolute Gasteiger partial charge is 0.497 e. The van der Waals surface area contributed by atoms with Crippen molar-refractivity contribution in [1.29, 1.82) is 0 Å². The van der Waals surface area contributed by atoms with Crippen LogP contribution in [0, 0.1) is 0 Å². The number of aryl methyl sites for hydroxylation is 1. The highest BCUT2D eigenvalue weighted by molar-refractivity contribution is 7.17. The van der Waals surface area contributed by atoms with Gasteiger partial charge in [0, 0.05) is 37.6 Å². The third-order valence-electron chi connectivity index (χ3n) is 5.99. The number of nitrogens with two attached hydrogens (primary N) is 1. The van der Waals surface area contributed by atoms with Crippen molar-refractivity contribution < 1.29 is 19.1 Å². The number of carbonyl (C=O) groups is 2. The number of rotatable bonds is 9. The van der Waals surface area contributed by atoms with E-state index in [4.69, 9.17) is 15.2 Å². The van der Waals surface area contributed by atoms with Crippen molar-refractivity contribution in [2.75, 3.05) is 58.3 Å². The summed E-state index contributed by atoms with van der Waals surface area (Å²) in [6, 6.07) is 7.58. The molecule has 0 bridgehead atoms. The highest BCUT2D eigenvalue weighted by Crippen LogP contribution is 2.38. The molecular weight excluding hydrogens is 428 g/mol. The number of primary amides is 1. The van der Waals surface area contributed by atoms with Crippen molar-refractivity contribution in [3.63, 3.8) is 0 Å². The lowest BCUT2D eigenvalue weighted by Gasteiger charge is -2.34. The van der Waals surface area contributed by atoms with E-state index in [-0.39, 0.29) is 5.91 Å². The molecule has 1 aromatic carbocycles. The maximum Gasteiger partial charge on any atom is 0.251 e. The summed E-state index contributed by atoms with van der Waals surface area (Å²) in [7, 11) is 1.64. The Morgan fingerprint density at radius 1 is 1.06 bits per heavy atom. The second-order valence-corrected chi connectivity index (χ2v) is 9.22. The minimum Gasteiger partial charge on any atom is -0.497 e. The van der Waals surface area contributed by atoms with Gasteiger partial charge in [0.15, 0.2) is 0 Å². The average molecular weight is 459 g/mol. The number of methoxy groups -OCH3 is 1. The van der Waals surface area contributed by atoms with E-state index in [1.54, 1.807) is 7.11 Å². The molecule has 1 aromatic heterocycles. The van der Waals surface area contributed by atoms with E-state index in [2.05, 4.69) is 15.1 Å². The minimum absolute atomic E-state index is 0.0938. The Morgan fingerprint density at radius 3 is 2.44 bits per heavy atom. The monoisotopic (exact) mass is 458 g/mol. The first kappa shape index (κ1) is 22.6. The molecule has 32 heavy (non-hydrogen) atoms. The predicted octanol–water partition coefficient (Wildman–Crippen LogP) is 1.98. The molecule has 1 aliphatic carbocycles. The zero-order chi connectivity index (χ0) is 22.5. The van der Waals surface area contributed by atoms with Gasteiger partial charge in [-0.1, -0.05) is 0 Å². The van der Waals surface area contributed by atoms with Crippen LogP contribution in [0.3, 0.4) is 0 Å². The van der Waals surface area contributed by atoms with E-state index in [9.17, 15) is 9.59 Å². The number of anilines is 1. The normalized spacial score (nSPS) is 16.5. The molecule has 0 spiro atoms. The van der Waals surface area contributed by atoms with Crippen molar-refractivity contribution in [3.8, 4) is 11.5 Å². The first-order valence-corrected chi connectivity index (χ1v) is 11.8. The minimum atomic E-state index is -0.454. The third kappa shape index (κ3) is 5.40. The van der Waals surface area contributed by atoms with E-state index >= 15 is 0 Å². The molecule has 0 saturated carbocycles.